The van der Waals surface area contributed by atoms with E-state index in [0.29, 0.717) is 16.3 Å². The van der Waals surface area contributed by atoms with Gasteiger partial charge in [0.05, 0.1) is 5.69 Å². The van der Waals surface area contributed by atoms with Gasteiger partial charge in [-0.3, -0.25) is 4.79 Å². The first kappa shape index (κ1) is 15.1. The molecule has 0 fully saturated rings. The number of benzene rings is 2. The van der Waals surface area contributed by atoms with E-state index in [4.69, 9.17) is 11.6 Å². The predicted octanol–water partition coefficient (Wildman–Crippen LogP) is 5.28. The molecule has 2 nitrogen and oxygen atoms in total. The Morgan fingerprint density at radius 3 is 2.40 bits per heavy atom. The van der Waals surface area contributed by atoms with Crippen molar-refractivity contribution in [3.05, 3.63) is 62.1 Å². The Bertz CT molecular complexity index is 682. The van der Waals surface area contributed by atoms with E-state index in [9.17, 15) is 4.79 Å². The number of halogens is 2. The Balaban J connectivity index is 2.27. The molecule has 0 radical (unpaired) electrons. The topological polar surface area (TPSA) is 29.1 Å². The first-order chi connectivity index (χ1) is 9.38. The van der Waals surface area contributed by atoms with Crippen molar-refractivity contribution in [1.82, 2.24) is 0 Å². The van der Waals surface area contributed by atoms with E-state index in [0.717, 1.165) is 15.6 Å². The molecule has 20 heavy (non-hydrogen) atoms. The number of aryl methyl sites for hydroxylation is 3. The summed E-state index contributed by atoms with van der Waals surface area (Å²) in [4.78, 5) is 12.3. The van der Waals surface area contributed by atoms with E-state index in [2.05, 4.69) is 21.2 Å². The number of carbonyl (C=O) groups is 1. The highest BCUT2D eigenvalue weighted by Gasteiger charge is 2.10. The van der Waals surface area contributed by atoms with E-state index in [1.807, 2.05) is 45.0 Å². The minimum atomic E-state index is -0.145. The van der Waals surface area contributed by atoms with Crippen molar-refractivity contribution in [3.63, 3.8) is 0 Å². The Hall–Kier alpha value is -1.32. The number of anilines is 1. The minimum absolute atomic E-state index is 0.145. The molecule has 0 saturated carbocycles. The van der Waals surface area contributed by atoms with Crippen molar-refractivity contribution in [3.8, 4) is 0 Å². The molecule has 0 spiro atoms. The molecule has 0 aliphatic carbocycles. The number of carbonyl (C=O) groups excluding carboxylic acids is 1. The lowest BCUT2D eigenvalue weighted by Gasteiger charge is -2.10. The van der Waals surface area contributed by atoms with Gasteiger partial charge in [0, 0.05) is 15.1 Å². The van der Waals surface area contributed by atoms with Gasteiger partial charge in [-0.15, -0.1) is 0 Å². The summed E-state index contributed by atoms with van der Waals surface area (Å²) in [7, 11) is 0. The summed E-state index contributed by atoms with van der Waals surface area (Å²) >= 11 is 9.52. The van der Waals surface area contributed by atoms with Crippen LogP contribution in [0.1, 0.15) is 27.0 Å². The van der Waals surface area contributed by atoms with Crippen molar-refractivity contribution >= 4 is 39.1 Å². The molecule has 0 unspecified atom stereocenters. The summed E-state index contributed by atoms with van der Waals surface area (Å²) in [5, 5.41) is 3.50. The van der Waals surface area contributed by atoms with Crippen LogP contribution < -0.4 is 5.32 Å². The van der Waals surface area contributed by atoms with Crippen LogP contribution in [0, 0.1) is 20.8 Å². The van der Waals surface area contributed by atoms with Crippen molar-refractivity contribution in [2.45, 2.75) is 20.8 Å². The third kappa shape index (κ3) is 3.22. The van der Waals surface area contributed by atoms with E-state index < -0.39 is 0 Å². The molecule has 0 aliphatic rings. The molecule has 0 atom stereocenters. The Morgan fingerprint density at radius 1 is 1.05 bits per heavy atom. The fourth-order valence-corrected chi connectivity index (χ4v) is 2.54. The maximum Gasteiger partial charge on any atom is 0.255 e. The van der Waals surface area contributed by atoms with Crippen LogP contribution in [0.3, 0.4) is 0 Å². The molecule has 2 aromatic carbocycles. The van der Waals surface area contributed by atoms with Crippen LogP contribution in [0.4, 0.5) is 5.69 Å². The number of rotatable bonds is 2. The molecule has 2 rings (SSSR count). The summed E-state index contributed by atoms with van der Waals surface area (Å²) in [6.07, 6.45) is 0. The molecule has 104 valence electrons. The van der Waals surface area contributed by atoms with Crippen LogP contribution in [-0.4, -0.2) is 5.91 Å². The molecule has 4 heteroatoms. The zero-order valence-electron chi connectivity index (χ0n) is 11.6. The normalized spacial score (nSPS) is 10.4. The van der Waals surface area contributed by atoms with Gasteiger partial charge in [-0.1, -0.05) is 17.7 Å². The second-order valence-corrected chi connectivity index (χ2v) is 6.10. The molecule has 0 aromatic heterocycles. The van der Waals surface area contributed by atoms with Crippen molar-refractivity contribution in [2.24, 2.45) is 0 Å². The van der Waals surface area contributed by atoms with Crippen LogP contribution in [0.15, 0.2) is 34.8 Å². The Morgan fingerprint density at radius 2 is 1.75 bits per heavy atom. The summed E-state index contributed by atoms with van der Waals surface area (Å²) in [6, 6.07) is 9.29. The number of nitrogens with one attached hydrogen (secondary N) is 1. The molecule has 2 aromatic rings. The van der Waals surface area contributed by atoms with Gasteiger partial charge in [0.2, 0.25) is 0 Å². The van der Waals surface area contributed by atoms with Gasteiger partial charge in [-0.05, 0) is 77.7 Å². The van der Waals surface area contributed by atoms with Gasteiger partial charge in [0.1, 0.15) is 0 Å². The molecule has 0 aliphatic heterocycles. The predicted molar refractivity (Wildman–Crippen MR) is 87.8 cm³/mol. The van der Waals surface area contributed by atoms with Gasteiger partial charge < -0.3 is 5.32 Å². The van der Waals surface area contributed by atoms with Crippen LogP contribution in [-0.2, 0) is 0 Å². The first-order valence-corrected chi connectivity index (χ1v) is 7.40. The summed E-state index contributed by atoms with van der Waals surface area (Å²) in [6.45, 7) is 5.93. The lowest BCUT2D eigenvalue weighted by Crippen LogP contribution is -2.12. The molecule has 0 saturated heterocycles. The second kappa shape index (κ2) is 5.98. The minimum Gasteiger partial charge on any atom is -0.321 e. The van der Waals surface area contributed by atoms with Gasteiger partial charge >= 0.3 is 0 Å². The molecule has 0 heterocycles. The van der Waals surface area contributed by atoms with Crippen molar-refractivity contribution in [1.29, 1.82) is 0 Å². The second-order valence-electron chi connectivity index (χ2n) is 4.83. The maximum atomic E-state index is 12.3. The number of hydrogen-bond acceptors (Lipinski definition) is 1. The van der Waals surface area contributed by atoms with Crippen LogP contribution >= 0.6 is 27.5 Å². The van der Waals surface area contributed by atoms with E-state index in [-0.39, 0.29) is 5.91 Å². The van der Waals surface area contributed by atoms with Gasteiger partial charge in [0.25, 0.3) is 5.91 Å². The summed E-state index contributed by atoms with van der Waals surface area (Å²) in [5.74, 6) is -0.145. The van der Waals surface area contributed by atoms with Gasteiger partial charge in [-0.25, -0.2) is 0 Å². The molecule has 0 bridgehead atoms. The lowest BCUT2D eigenvalue weighted by atomic mass is 10.1. The zero-order chi connectivity index (χ0) is 14.9. The zero-order valence-corrected chi connectivity index (χ0v) is 13.9. The van der Waals surface area contributed by atoms with Crippen molar-refractivity contribution < 1.29 is 4.79 Å². The quantitative estimate of drug-likeness (QED) is 0.782. The van der Waals surface area contributed by atoms with Crippen LogP contribution in [0.5, 0.6) is 0 Å². The van der Waals surface area contributed by atoms with Crippen LogP contribution in [0.2, 0.25) is 5.02 Å². The highest BCUT2D eigenvalue weighted by atomic mass is 79.9. The monoisotopic (exact) mass is 351 g/mol. The fraction of sp³-hybridized carbons (Fsp3) is 0.188. The fourth-order valence-electron chi connectivity index (χ4n) is 1.82. The highest BCUT2D eigenvalue weighted by Crippen LogP contribution is 2.29. The average molecular weight is 353 g/mol. The summed E-state index contributed by atoms with van der Waals surface area (Å²) < 4.78 is 0.816. The molecule has 1 N–H and O–H groups in total. The van der Waals surface area contributed by atoms with E-state index >= 15 is 0 Å². The SMILES string of the molecule is Cc1ccc(C(=O)Nc2cc(Cl)c(C)cc2Br)cc1C. The Labute approximate surface area is 132 Å². The third-order valence-corrected chi connectivity index (χ3v) is 4.33. The van der Waals surface area contributed by atoms with Gasteiger partial charge in [-0.2, -0.15) is 0 Å². The Kier molecular flexibility index (Phi) is 4.51. The van der Waals surface area contributed by atoms with Crippen LogP contribution in [0.25, 0.3) is 0 Å². The smallest absolute Gasteiger partial charge is 0.255 e. The number of amides is 1. The van der Waals surface area contributed by atoms with E-state index in [1.165, 1.54) is 5.56 Å². The maximum absolute atomic E-state index is 12.3. The molecular weight excluding hydrogens is 338 g/mol. The summed E-state index contributed by atoms with van der Waals surface area (Å²) in [5.41, 5.74) is 4.53. The van der Waals surface area contributed by atoms with Gasteiger partial charge in [0.15, 0.2) is 0 Å². The molecular formula is C16H15BrClNO. The van der Waals surface area contributed by atoms with Crippen molar-refractivity contribution in [2.75, 3.05) is 5.32 Å². The first-order valence-electron chi connectivity index (χ1n) is 6.22. The number of hydrogen-bond donors (Lipinski definition) is 1. The third-order valence-electron chi connectivity index (χ3n) is 3.27. The molecule has 1 amide bonds. The highest BCUT2D eigenvalue weighted by molar-refractivity contribution is 9.10. The average Bonchev–Trinajstić information content (AvgIpc) is 2.39. The lowest BCUT2D eigenvalue weighted by molar-refractivity contribution is 0.102. The largest absolute Gasteiger partial charge is 0.321 e. The van der Waals surface area contributed by atoms with E-state index in [1.54, 1.807) is 6.07 Å². The standard InChI is InChI=1S/C16H15BrClNO/c1-9-4-5-12(6-10(9)2)16(20)19-15-8-14(18)11(3)7-13(15)17/h4-8H,1-3H3,(H,19,20).